The van der Waals surface area contributed by atoms with Crippen LogP contribution in [0.15, 0.2) is 29.3 Å². The highest BCUT2D eigenvalue weighted by Gasteiger charge is 2.33. The minimum atomic E-state index is 0.258. The van der Waals surface area contributed by atoms with E-state index < -0.39 is 0 Å². The van der Waals surface area contributed by atoms with Gasteiger partial charge in [-0.05, 0) is 30.9 Å². The number of methoxy groups -OCH3 is 1. The van der Waals surface area contributed by atoms with Gasteiger partial charge in [-0.15, -0.1) is 0 Å². The number of para-hydroxylation sites is 1. The molecule has 110 valence electrons. The standard InChI is InChI=1S/C16H24N2OS/c1-4-16(5-2)12-20-15(18-16)17-11-10-13-8-6-7-9-14(13)19-3/h6-9H,4-5,10-12H2,1-3H3,(H,17,18). The lowest BCUT2D eigenvalue weighted by Crippen LogP contribution is -2.42. The summed E-state index contributed by atoms with van der Waals surface area (Å²) in [5, 5.41) is 4.70. The number of hydrogen-bond acceptors (Lipinski definition) is 3. The summed E-state index contributed by atoms with van der Waals surface area (Å²) in [5.74, 6) is 2.09. The van der Waals surface area contributed by atoms with Crippen molar-refractivity contribution < 1.29 is 4.74 Å². The molecule has 1 N–H and O–H groups in total. The summed E-state index contributed by atoms with van der Waals surface area (Å²) < 4.78 is 5.37. The first-order valence-electron chi connectivity index (χ1n) is 7.30. The highest BCUT2D eigenvalue weighted by Crippen LogP contribution is 2.29. The molecule has 1 aliphatic heterocycles. The number of hydrogen-bond donors (Lipinski definition) is 1. The summed E-state index contributed by atoms with van der Waals surface area (Å²) in [6.45, 7) is 5.29. The van der Waals surface area contributed by atoms with Crippen LogP contribution in [0.25, 0.3) is 0 Å². The van der Waals surface area contributed by atoms with Gasteiger partial charge in [-0.25, -0.2) is 0 Å². The summed E-state index contributed by atoms with van der Waals surface area (Å²) >= 11 is 1.85. The molecule has 0 atom stereocenters. The average molecular weight is 292 g/mol. The van der Waals surface area contributed by atoms with Crippen molar-refractivity contribution in [3.63, 3.8) is 0 Å². The monoisotopic (exact) mass is 292 g/mol. The normalized spacial score (nSPS) is 19.1. The van der Waals surface area contributed by atoms with E-state index in [1.54, 1.807) is 7.11 Å². The third kappa shape index (κ3) is 3.48. The molecule has 2 rings (SSSR count). The maximum atomic E-state index is 5.37. The fourth-order valence-corrected chi connectivity index (χ4v) is 3.77. The molecule has 1 heterocycles. The number of amidine groups is 1. The second-order valence-corrected chi connectivity index (χ2v) is 6.11. The van der Waals surface area contributed by atoms with Crippen molar-refractivity contribution in [3.05, 3.63) is 29.8 Å². The van der Waals surface area contributed by atoms with E-state index in [1.165, 1.54) is 5.56 Å². The minimum Gasteiger partial charge on any atom is -0.496 e. The molecule has 0 saturated carbocycles. The summed E-state index contributed by atoms with van der Waals surface area (Å²) in [6, 6.07) is 8.16. The van der Waals surface area contributed by atoms with E-state index in [0.717, 1.165) is 42.5 Å². The van der Waals surface area contributed by atoms with Crippen molar-refractivity contribution in [2.24, 2.45) is 4.99 Å². The van der Waals surface area contributed by atoms with Gasteiger partial charge in [0.1, 0.15) is 5.75 Å². The van der Waals surface area contributed by atoms with E-state index >= 15 is 0 Å². The van der Waals surface area contributed by atoms with Crippen molar-refractivity contribution >= 4 is 16.9 Å². The smallest absolute Gasteiger partial charge is 0.157 e. The topological polar surface area (TPSA) is 33.6 Å². The van der Waals surface area contributed by atoms with Gasteiger partial charge >= 0.3 is 0 Å². The third-order valence-electron chi connectivity index (χ3n) is 4.04. The number of aliphatic imine (C=N–C) groups is 1. The molecular formula is C16H24N2OS. The van der Waals surface area contributed by atoms with Crippen LogP contribution in [0, 0.1) is 0 Å². The van der Waals surface area contributed by atoms with Gasteiger partial charge in [0.25, 0.3) is 0 Å². The molecule has 1 aromatic carbocycles. The lowest BCUT2D eigenvalue weighted by molar-refractivity contribution is 0.407. The van der Waals surface area contributed by atoms with Gasteiger partial charge in [0.15, 0.2) is 5.17 Å². The Balaban J connectivity index is 1.91. The minimum absolute atomic E-state index is 0.258. The van der Waals surface area contributed by atoms with E-state index in [0.29, 0.717) is 0 Å². The van der Waals surface area contributed by atoms with E-state index in [1.807, 2.05) is 30.0 Å². The highest BCUT2D eigenvalue weighted by molar-refractivity contribution is 8.14. The molecule has 0 bridgehead atoms. The Hall–Kier alpha value is -1.16. The second kappa shape index (κ2) is 7.02. The van der Waals surface area contributed by atoms with Gasteiger partial charge in [0, 0.05) is 17.8 Å². The van der Waals surface area contributed by atoms with Crippen LogP contribution in [0.3, 0.4) is 0 Å². The van der Waals surface area contributed by atoms with Crippen molar-refractivity contribution in [2.75, 3.05) is 19.4 Å². The van der Waals surface area contributed by atoms with Gasteiger partial charge < -0.3 is 10.1 Å². The number of benzene rings is 1. The van der Waals surface area contributed by atoms with Gasteiger partial charge in [-0.1, -0.05) is 43.8 Å². The van der Waals surface area contributed by atoms with Gasteiger partial charge in [0.05, 0.1) is 7.11 Å². The average Bonchev–Trinajstić information content (AvgIpc) is 2.92. The Morgan fingerprint density at radius 3 is 2.70 bits per heavy atom. The molecule has 3 nitrogen and oxygen atoms in total. The zero-order chi connectivity index (χ0) is 14.4. The molecule has 0 spiro atoms. The zero-order valence-electron chi connectivity index (χ0n) is 12.6. The van der Waals surface area contributed by atoms with Crippen molar-refractivity contribution in [3.8, 4) is 5.75 Å². The zero-order valence-corrected chi connectivity index (χ0v) is 13.4. The molecular weight excluding hydrogens is 268 g/mol. The first kappa shape index (κ1) is 15.2. The third-order valence-corrected chi connectivity index (χ3v) is 5.24. The van der Waals surface area contributed by atoms with Gasteiger partial charge in [0.2, 0.25) is 0 Å². The van der Waals surface area contributed by atoms with E-state index in [9.17, 15) is 0 Å². The van der Waals surface area contributed by atoms with Gasteiger partial charge in [-0.3, -0.25) is 4.99 Å². The summed E-state index contributed by atoms with van der Waals surface area (Å²) in [5.41, 5.74) is 1.48. The summed E-state index contributed by atoms with van der Waals surface area (Å²) in [6.07, 6.45) is 3.23. The first-order valence-corrected chi connectivity index (χ1v) is 8.29. The van der Waals surface area contributed by atoms with Gasteiger partial charge in [-0.2, -0.15) is 0 Å². The highest BCUT2D eigenvalue weighted by atomic mass is 32.2. The Labute approximate surface area is 126 Å². The maximum Gasteiger partial charge on any atom is 0.157 e. The number of ether oxygens (including phenoxy) is 1. The second-order valence-electron chi connectivity index (χ2n) is 5.15. The fourth-order valence-electron chi connectivity index (χ4n) is 2.41. The largest absolute Gasteiger partial charge is 0.496 e. The first-order chi connectivity index (χ1) is 9.73. The molecule has 0 amide bonds. The Bertz CT molecular complexity index is 469. The quantitative estimate of drug-likeness (QED) is 0.871. The fraction of sp³-hybridized carbons (Fsp3) is 0.562. The molecule has 0 aliphatic carbocycles. The Kier molecular flexibility index (Phi) is 5.35. The molecule has 0 unspecified atom stereocenters. The van der Waals surface area contributed by atoms with Crippen LogP contribution in [0.4, 0.5) is 0 Å². The molecule has 4 heteroatoms. The Morgan fingerprint density at radius 2 is 2.05 bits per heavy atom. The van der Waals surface area contributed by atoms with Crippen LogP contribution in [0.5, 0.6) is 5.75 Å². The molecule has 1 fully saturated rings. The summed E-state index contributed by atoms with van der Waals surface area (Å²) in [4.78, 5) is 4.70. The van der Waals surface area contributed by atoms with Crippen LogP contribution >= 0.6 is 11.8 Å². The van der Waals surface area contributed by atoms with Crippen LogP contribution in [-0.2, 0) is 6.42 Å². The Morgan fingerprint density at radius 1 is 1.30 bits per heavy atom. The van der Waals surface area contributed by atoms with E-state index in [2.05, 4.69) is 25.2 Å². The van der Waals surface area contributed by atoms with Crippen molar-refractivity contribution in [1.29, 1.82) is 0 Å². The van der Waals surface area contributed by atoms with E-state index in [4.69, 9.17) is 9.73 Å². The van der Waals surface area contributed by atoms with Crippen LogP contribution in [0.1, 0.15) is 32.3 Å². The maximum absolute atomic E-state index is 5.37. The molecule has 0 aromatic heterocycles. The molecule has 1 aromatic rings. The van der Waals surface area contributed by atoms with Crippen molar-refractivity contribution in [1.82, 2.24) is 5.32 Å². The molecule has 1 aliphatic rings. The lowest BCUT2D eigenvalue weighted by Gasteiger charge is -2.25. The van der Waals surface area contributed by atoms with E-state index in [-0.39, 0.29) is 5.54 Å². The van der Waals surface area contributed by atoms with Crippen LogP contribution in [0.2, 0.25) is 0 Å². The SMILES string of the molecule is CCC1(CC)CSC(=NCCc2ccccc2OC)N1. The number of nitrogens with one attached hydrogen (secondary N) is 1. The number of rotatable bonds is 6. The van der Waals surface area contributed by atoms with Crippen LogP contribution in [-0.4, -0.2) is 30.1 Å². The van der Waals surface area contributed by atoms with Crippen LogP contribution < -0.4 is 10.1 Å². The molecule has 0 radical (unpaired) electrons. The number of nitrogens with zero attached hydrogens (tertiary/aromatic N) is 1. The molecule has 20 heavy (non-hydrogen) atoms. The molecule has 1 saturated heterocycles. The predicted molar refractivity (Wildman–Crippen MR) is 87.9 cm³/mol. The number of thioether (sulfide) groups is 1. The summed E-state index contributed by atoms with van der Waals surface area (Å²) in [7, 11) is 1.72. The lowest BCUT2D eigenvalue weighted by atomic mass is 9.96. The van der Waals surface area contributed by atoms with Crippen molar-refractivity contribution in [2.45, 2.75) is 38.6 Å². The predicted octanol–water partition coefficient (Wildman–Crippen LogP) is 3.49.